The molecule has 5 nitrogen and oxygen atoms in total. The van der Waals surface area contributed by atoms with E-state index in [2.05, 4.69) is 31.3 Å². The monoisotopic (exact) mass is 343 g/mol. The Bertz CT molecular complexity index is 631. The van der Waals surface area contributed by atoms with Crippen LogP contribution in [0.25, 0.3) is 0 Å². The molecule has 0 radical (unpaired) electrons. The van der Waals surface area contributed by atoms with Gasteiger partial charge in [0.1, 0.15) is 0 Å². The molecule has 1 aromatic rings. The Morgan fingerprint density at radius 2 is 2.12 bits per heavy atom. The minimum Gasteiger partial charge on any atom is -0.341 e. The van der Waals surface area contributed by atoms with E-state index >= 15 is 0 Å². The number of carbonyl (C=O) groups is 2. The van der Waals surface area contributed by atoms with E-state index < -0.39 is 0 Å². The summed E-state index contributed by atoms with van der Waals surface area (Å²) in [6.45, 7) is 7.76. The molecular formula is C20H29N3O2. The van der Waals surface area contributed by atoms with Crippen molar-refractivity contribution in [2.45, 2.75) is 45.1 Å². The molecule has 2 saturated heterocycles. The summed E-state index contributed by atoms with van der Waals surface area (Å²) in [5, 5.41) is 3.12. The molecule has 2 aliphatic heterocycles. The number of hydrogen-bond donors (Lipinski definition) is 1. The minimum absolute atomic E-state index is 0.166. The Labute approximate surface area is 150 Å². The van der Waals surface area contributed by atoms with Gasteiger partial charge in [-0.15, -0.1) is 0 Å². The van der Waals surface area contributed by atoms with Crippen LogP contribution in [0, 0.1) is 6.92 Å². The molecular weight excluding hydrogens is 314 g/mol. The van der Waals surface area contributed by atoms with Gasteiger partial charge in [-0.1, -0.05) is 31.2 Å². The molecule has 0 aliphatic carbocycles. The zero-order valence-corrected chi connectivity index (χ0v) is 15.3. The predicted octanol–water partition coefficient (Wildman–Crippen LogP) is 1.91. The minimum atomic E-state index is 0.166. The van der Waals surface area contributed by atoms with Crippen molar-refractivity contribution in [1.82, 2.24) is 15.1 Å². The number of likely N-dealkylation sites (tertiary alicyclic amines) is 1. The first kappa shape index (κ1) is 17.9. The van der Waals surface area contributed by atoms with Crippen molar-refractivity contribution in [1.29, 1.82) is 0 Å². The summed E-state index contributed by atoms with van der Waals surface area (Å²) >= 11 is 0. The van der Waals surface area contributed by atoms with Crippen molar-refractivity contribution >= 4 is 11.8 Å². The van der Waals surface area contributed by atoms with Gasteiger partial charge < -0.3 is 15.1 Å². The highest BCUT2D eigenvalue weighted by Crippen LogP contribution is 2.25. The van der Waals surface area contributed by atoms with E-state index in [0.29, 0.717) is 19.5 Å². The van der Waals surface area contributed by atoms with Crippen molar-refractivity contribution in [3.8, 4) is 0 Å². The maximum atomic E-state index is 12.8. The number of nitrogens with one attached hydrogen (secondary N) is 1. The highest BCUT2D eigenvalue weighted by Gasteiger charge is 2.31. The highest BCUT2D eigenvalue weighted by molar-refractivity contribution is 5.80. The second kappa shape index (κ2) is 8.00. The maximum absolute atomic E-state index is 12.8. The first-order valence-corrected chi connectivity index (χ1v) is 9.39. The van der Waals surface area contributed by atoms with Crippen LogP contribution in [0.15, 0.2) is 24.3 Å². The Morgan fingerprint density at radius 3 is 2.88 bits per heavy atom. The van der Waals surface area contributed by atoms with Crippen LogP contribution in [0.5, 0.6) is 0 Å². The van der Waals surface area contributed by atoms with Crippen LogP contribution in [0.2, 0.25) is 0 Å². The summed E-state index contributed by atoms with van der Waals surface area (Å²) in [4.78, 5) is 28.9. The van der Waals surface area contributed by atoms with Crippen LogP contribution in [-0.2, 0) is 9.59 Å². The van der Waals surface area contributed by atoms with Crippen molar-refractivity contribution in [2.75, 3.05) is 32.7 Å². The first-order valence-electron chi connectivity index (χ1n) is 9.39. The van der Waals surface area contributed by atoms with E-state index in [0.717, 1.165) is 32.5 Å². The Balaban J connectivity index is 1.60. The summed E-state index contributed by atoms with van der Waals surface area (Å²) in [7, 11) is 0. The van der Waals surface area contributed by atoms with Crippen LogP contribution in [0.4, 0.5) is 0 Å². The van der Waals surface area contributed by atoms with Crippen LogP contribution in [-0.4, -0.2) is 60.4 Å². The molecule has 0 spiro atoms. The van der Waals surface area contributed by atoms with Gasteiger partial charge in [-0.3, -0.25) is 9.59 Å². The number of benzene rings is 1. The lowest BCUT2D eigenvalue weighted by Gasteiger charge is -2.41. The van der Waals surface area contributed by atoms with E-state index in [1.165, 1.54) is 11.1 Å². The normalized spacial score (nSPS) is 22.8. The van der Waals surface area contributed by atoms with Crippen molar-refractivity contribution < 1.29 is 9.59 Å². The number of nitrogens with zero attached hydrogens (tertiary/aromatic N) is 2. The van der Waals surface area contributed by atoms with E-state index in [4.69, 9.17) is 0 Å². The quantitative estimate of drug-likeness (QED) is 0.909. The lowest BCUT2D eigenvalue weighted by atomic mass is 9.92. The fourth-order valence-electron chi connectivity index (χ4n) is 4.08. The summed E-state index contributed by atoms with van der Waals surface area (Å²) in [5.41, 5.74) is 2.49. The second-order valence-corrected chi connectivity index (χ2v) is 7.36. The smallest absolute Gasteiger partial charge is 0.236 e. The molecule has 25 heavy (non-hydrogen) atoms. The molecule has 2 fully saturated rings. The van der Waals surface area contributed by atoms with Gasteiger partial charge in [0.2, 0.25) is 11.8 Å². The van der Waals surface area contributed by atoms with Crippen molar-refractivity contribution in [2.24, 2.45) is 0 Å². The molecule has 0 aromatic heterocycles. The molecule has 1 aromatic carbocycles. The number of aryl methyl sites for hydroxylation is 1. The zero-order valence-electron chi connectivity index (χ0n) is 15.3. The van der Waals surface area contributed by atoms with E-state index in [1.807, 2.05) is 21.9 Å². The molecule has 136 valence electrons. The van der Waals surface area contributed by atoms with Gasteiger partial charge in [-0.05, 0) is 36.8 Å². The fourth-order valence-corrected chi connectivity index (χ4v) is 4.08. The van der Waals surface area contributed by atoms with E-state index in [1.54, 1.807) is 0 Å². The second-order valence-electron chi connectivity index (χ2n) is 7.36. The molecule has 2 atom stereocenters. The van der Waals surface area contributed by atoms with Crippen LogP contribution >= 0.6 is 0 Å². The molecule has 3 rings (SSSR count). The molecule has 2 amide bonds. The van der Waals surface area contributed by atoms with Crippen LogP contribution < -0.4 is 5.32 Å². The first-order chi connectivity index (χ1) is 12.1. The number of hydrogen-bond acceptors (Lipinski definition) is 3. The summed E-state index contributed by atoms with van der Waals surface area (Å²) in [5.74, 6) is 0.594. The standard InChI is InChI=1S/C20H29N3O2/c1-15-6-3-4-8-18(15)16(2)12-19(24)22-10-5-7-17(14-22)23-11-9-21-13-20(23)25/h3-4,6,8,16-17,21H,5,7,9-14H2,1-2H3/t16-,17-/m1/s1. The van der Waals surface area contributed by atoms with Gasteiger partial charge in [0.25, 0.3) is 0 Å². The Hall–Kier alpha value is -1.88. The summed E-state index contributed by atoms with van der Waals surface area (Å²) in [6.07, 6.45) is 2.52. The number of carbonyl (C=O) groups excluding carboxylic acids is 2. The average Bonchev–Trinajstić information content (AvgIpc) is 2.62. The van der Waals surface area contributed by atoms with Crippen LogP contribution in [0.3, 0.4) is 0 Å². The topological polar surface area (TPSA) is 52.7 Å². The van der Waals surface area contributed by atoms with Crippen molar-refractivity contribution in [3.63, 3.8) is 0 Å². The lowest BCUT2D eigenvalue weighted by molar-refractivity contribution is -0.140. The Kier molecular flexibility index (Phi) is 5.74. The van der Waals surface area contributed by atoms with Gasteiger partial charge >= 0.3 is 0 Å². The molecule has 1 N–H and O–H groups in total. The van der Waals surface area contributed by atoms with Gasteiger partial charge in [0.05, 0.1) is 6.54 Å². The predicted molar refractivity (Wildman–Crippen MR) is 98.4 cm³/mol. The Morgan fingerprint density at radius 1 is 1.32 bits per heavy atom. The third-order valence-corrected chi connectivity index (χ3v) is 5.52. The van der Waals surface area contributed by atoms with Gasteiger partial charge in [-0.2, -0.15) is 0 Å². The average molecular weight is 343 g/mol. The summed E-state index contributed by atoms with van der Waals surface area (Å²) in [6, 6.07) is 8.47. The number of piperazine rings is 1. The largest absolute Gasteiger partial charge is 0.341 e. The third-order valence-electron chi connectivity index (χ3n) is 5.52. The van der Waals surface area contributed by atoms with Gasteiger partial charge in [0, 0.05) is 38.6 Å². The highest BCUT2D eigenvalue weighted by atomic mass is 16.2. The van der Waals surface area contributed by atoms with Crippen LogP contribution in [0.1, 0.15) is 43.2 Å². The summed E-state index contributed by atoms with van der Waals surface area (Å²) < 4.78 is 0. The third kappa shape index (κ3) is 4.21. The molecule has 2 aliphatic rings. The lowest BCUT2D eigenvalue weighted by Crippen LogP contribution is -2.57. The van der Waals surface area contributed by atoms with Crippen molar-refractivity contribution in [3.05, 3.63) is 35.4 Å². The molecule has 0 unspecified atom stereocenters. The van der Waals surface area contributed by atoms with E-state index in [-0.39, 0.29) is 23.8 Å². The maximum Gasteiger partial charge on any atom is 0.236 e. The number of rotatable bonds is 4. The molecule has 0 saturated carbocycles. The molecule has 0 bridgehead atoms. The fraction of sp³-hybridized carbons (Fsp3) is 0.600. The van der Waals surface area contributed by atoms with Gasteiger partial charge in [-0.25, -0.2) is 0 Å². The molecule has 2 heterocycles. The van der Waals surface area contributed by atoms with Gasteiger partial charge in [0.15, 0.2) is 0 Å². The number of piperidine rings is 1. The number of amides is 2. The van der Waals surface area contributed by atoms with E-state index in [9.17, 15) is 9.59 Å². The zero-order chi connectivity index (χ0) is 17.8. The SMILES string of the molecule is Cc1ccccc1[C@H](C)CC(=O)N1CCC[C@@H](N2CCNCC2=O)C1. The molecule has 5 heteroatoms.